The molecule has 6 nitrogen and oxygen atoms in total. The molecule has 6 heteroatoms. The van der Waals surface area contributed by atoms with Crippen LogP contribution in [0.3, 0.4) is 0 Å². The Morgan fingerprint density at radius 1 is 1.28 bits per heavy atom. The lowest BCUT2D eigenvalue weighted by Gasteiger charge is -2.19. The Bertz CT molecular complexity index is 699. The molecular weight excluding hydrogens is 320 g/mol. The second-order valence-corrected chi connectivity index (χ2v) is 6.33. The fourth-order valence-corrected chi connectivity index (χ4v) is 3.07. The van der Waals surface area contributed by atoms with Crippen LogP contribution in [0.4, 0.5) is 0 Å². The van der Waals surface area contributed by atoms with E-state index in [1.54, 1.807) is 17.2 Å². The molecule has 1 aromatic carbocycles. The van der Waals surface area contributed by atoms with Crippen molar-refractivity contribution in [3.63, 3.8) is 0 Å². The van der Waals surface area contributed by atoms with E-state index in [0.717, 1.165) is 5.56 Å². The Balaban J connectivity index is 1.54. The van der Waals surface area contributed by atoms with Gasteiger partial charge in [-0.25, -0.2) is 0 Å². The number of aliphatic hydroxyl groups excluding tert-OH is 1. The number of furan rings is 1. The molecule has 2 aromatic rings. The zero-order valence-electron chi connectivity index (χ0n) is 13.9. The summed E-state index contributed by atoms with van der Waals surface area (Å²) >= 11 is 0. The third-order valence-electron chi connectivity index (χ3n) is 4.40. The van der Waals surface area contributed by atoms with Crippen LogP contribution < -0.4 is 5.32 Å². The lowest BCUT2D eigenvalue weighted by Crippen LogP contribution is -2.43. The first kappa shape index (κ1) is 17.2. The van der Waals surface area contributed by atoms with E-state index in [2.05, 4.69) is 5.32 Å². The smallest absolute Gasteiger partial charge is 0.225 e. The van der Waals surface area contributed by atoms with Crippen molar-refractivity contribution < 1.29 is 19.1 Å². The standard InChI is InChI=1S/C19H22N2O4/c22-13-16(9-14-5-2-1-3-6-14)20-19(24)15-10-18(23)21(11-15)12-17-7-4-8-25-17/h1-8,15-16,22H,9-13H2,(H,20,24). The van der Waals surface area contributed by atoms with Gasteiger partial charge in [-0.1, -0.05) is 30.3 Å². The van der Waals surface area contributed by atoms with Gasteiger partial charge in [-0.05, 0) is 24.1 Å². The molecule has 0 saturated carbocycles. The number of rotatable bonds is 7. The number of benzene rings is 1. The zero-order valence-corrected chi connectivity index (χ0v) is 13.9. The van der Waals surface area contributed by atoms with E-state index in [0.29, 0.717) is 25.3 Å². The maximum atomic E-state index is 12.5. The van der Waals surface area contributed by atoms with Gasteiger partial charge in [0.1, 0.15) is 5.76 Å². The number of carbonyl (C=O) groups excluding carboxylic acids is 2. The van der Waals surface area contributed by atoms with Crippen LogP contribution in [0, 0.1) is 5.92 Å². The third kappa shape index (κ3) is 4.48. The van der Waals surface area contributed by atoms with Gasteiger partial charge in [0.05, 0.1) is 31.4 Å². The number of carbonyl (C=O) groups is 2. The minimum absolute atomic E-state index is 0.0554. The molecule has 2 heterocycles. The Morgan fingerprint density at radius 3 is 2.76 bits per heavy atom. The minimum atomic E-state index is -0.396. The molecule has 2 unspecified atom stereocenters. The van der Waals surface area contributed by atoms with Crippen LogP contribution in [0.15, 0.2) is 53.1 Å². The summed E-state index contributed by atoms with van der Waals surface area (Å²) in [6.45, 7) is 0.606. The predicted molar refractivity (Wildman–Crippen MR) is 91.4 cm³/mol. The highest BCUT2D eigenvalue weighted by Crippen LogP contribution is 2.21. The van der Waals surface area contributed by atoms with Crippen molar-refractivity contribution in [3.05, 3.63) is 60.1 Å². The van der Waals surface area contributed by atoms with Crippen LogP contribution in [-0.4, -0.2) is 41.0 Å². The molecule has 2 N–H and O–H groups in total. The van der Waals surface area contributed by atoms with Crippen molar-refractivity contribution in [1.82, 2.24) is 10.2 Å². The molecule has 0 radical (unpaired) electrons. The average Bonchev–Trinajstić information content (AvgIpc) is 3.26. The molecule has 132 valence electrons. The number of aliphatic hydroxyl groups is 1. The van der Waals surface area contributed by atoms with Gasteiger partial charge < -0.3 is 19.7 Å². The van der Waals surface area contributed by atoms with Crippen molar-refractivity contribution in [1.29, 1.82) is 0 Å². The summed E-state index contributed by atoms with van der Waals surface area (Å²) in [5, 5.41) is 12.4. The van der Waals surface area contributed by atoms with E-state index >= 15 is 0 Å². The first-order valence-electron chi connectivity index (χ1n) is 8.41. The molecule has 1 aromatic heterocycles. The normalized spacial score (nSPS) is 18.4. The van der Waals surface area contributed by atoms with Crippen molar-refractivity contribution >= 4 is 11.8 Å². The van der Waals surface area contributed by atoms with Gasteiger partial charge in [0.25, 0.3) is 0 Å². The average molecular weight is 342 g/mol. The molecule has 2 amide bonds. The molecule has 0 bridgehead atoms. The first-order valence-corrected chi connectivity index (χ1v) is 8.41. The van der Waals surface area contributed by atoms with Crippen LogP contribution >= 0.6 is 0 Å². The summed E-state index contributed by atoms with van der Waals surface area (Å²) in [5.74, 6) is 0.0597. The lowest BCUT2D eigenvalue weighted by atomic mass is 10.0. The fourth-order valence-electron chi connectivity index (χ4n) is 3.07. The summed E-state index contributed by atoms with van der Waals surface area (Å²) in [5.41, 5.74) is 1.05. The van der Waals surface area contributed by atoms with E-state index in [-0.39, 0.29) is 30.9 Å². The summed E-state index contributed by atoms with van der Waals surface area (Å²) < 4.78 is 5.26. The van der Waals surface area contributed by atoms with E-state index in [4.69, 9.17) is 4.42 Å². The van der Waals surface area contributed by atoms with Crippen LogP contribution in [0.1, 0.15) is 17.7 Å². The van der Waals surface area contributed by atoms with E-state index in [1.165, 1.54) is 0 Å². The Morgan fingerprint density at radius 2 is 2.08 bits per heavy atom. The maximum Gasteiger partial charge on any atom is 0.225 e. The zero-order chi connectivity index (χ0) is 17.6. The SMILES string of the molecule is O=C(NC(CO)Cc1ccccc1)C1CC(=O)N(Cc2ccco2)C1. The van der Waals surface area contributed by atoms with Gasteiger partial charge in [-0.15, -0.1) is 0 Å². The number of nitrogens with zero attached hydrogens (tertiary/aromatic N) is 1. The van der Waals surface area contributed by atoms with Gasteiger partial charge in [0.15, 0.2) is 0 Å². The van der Waals surface area contributed by atoms with Crippen LogP contribution in [-0.2, 0) is 22.6 Å². The van der Waals surface area contributed by atoms with Gasteiger partial charge >= 0.3 is 0 Å². The molecule has 2 atom stereocenters. The van der Waals surface area contributed by atoms with Gasteiger partial charge in [-0.3, -0.25) is 9.59 Å². The topological polar surface area (TPSA) is 82.8 Å². The Labute approximate surface area is 146 Å². The lowest BCUT2D eigenvalue weighted by molar-refractivity contribution is -0.129. The minimum Gasteiger partial charge on any atom is -0.467 e. The first-order chi connectivity index (χ1) is 12.2. The third-order valence-corrected chi connectivity index (χ3v) is 4.40. The summed E-state index contributed by atoms with van der Waals surface area (Å²) in [6.07, 6.45) is 2.31. The van der Waals surface area contributed by atoms with Crippen molar-refractivity contribution in [2.24, 2.45) is 5.92 Å². The monoisotopic (exact) mass is 342 g/mol. The Hall–Kier alpha value is -2.60. The van der Waals surface area contributed by atoms with Gasteiger partial charge in [0.2, 0.25) is 11.8 Å². The second kappa shape index (κ2) is 7.98. The fraction of sp³-hybridized carbons (Fsp3) is 0.368. The van der Waals surface area contributed by atoms with Crippen LogP contribution in [0.2, 0.25) is 0 Å². The number of likely N-dealkylation sites (tertiary alicyclic amines) is 1. The summed E-state index contributed by atoms with van der Waals surface area (Å²) in [6, 6.07) is 12.9. The molecule has 0 spiro atoms. The molecule has 1 aliphatic heterocycles. The predicted octanol–water partition coefficient (Wildman–Crippen LogP) is 1.35. The molecule has 1 aliphatic rings. The maximum absolute atomic E-state index is 12.5. The quantitative estimate of drug-likeness (QED) is 0.796. The van der Waals surface area contributed by atoms with Crippen LogP contribution in [0.25, 0.3) is 0 Å². The van der Waals surface area contributed by atoms with Gasteiger partial charge in [-0.2, -0.15) is 0 Å². The van der Waals surface area contributed by atoms with Gasteiger partial charge in [0, 0.05) is 13.0 Å². The number of hydrogen-bond acceptors (Lipinski definition) is 4. The van der Waals surface area contributed by atoms with E-state index < -0.39 is 5.92 Å². The highest BCUT2D eigenvalue weighted by atomic mass is 16.3. The van der Waals surface area contributed by atoms with Crippen LogP contribution in [0.5, 0.6) is 0 Å². The highest BCUT2D eigenvalue weighted by molar-refractivity contribution is 5.89. The Kier molecular flexibility index (Phi) is 5.50. The summed E-state index contributed by atoms with van der Waals surface area (Å²) in [4.78, 5) is 26.2. The number of nitrogens with one attached hydrogen (secondary N) is 1. The molecule has 0 aliphatic carbocycles. The number of hydrogen-bond donors (Lipinski definition) is 2. The van der Waals surface area contributed by atoms with E-state index in [9.17, 15) is 14.7 Å². The van der Waals surface area contributed by atoms with Crippen molar-refractivity contribution in [3.8, 4) is 0 Å². The molecule has 3 rings (SSSR count). The largest absolute Gasteiger partial charge is 0.467 e. The molecule has 25 heavy (non-hydrogen) atoms. The molecular formula is C19H22N2O4. The number of amides is 2. The summed E-state index contributed by atoms with van der Waals surface area (Å²) in [7, 11) is 0. The highest BCUT2D eigenvalue weighted by Gasteiger charge is 2.35. The second-order valence-electron chi connectivity index (χ2n) is 6.33. The molecule has 1 saturated heterocycles. The molecule has 1 fully saturated rings. The van der Waals surface area contributed by atoms with E-state index in [1.807, 2.05) is 36.4 Å². The van der Waals surface area contributed by atoms with Crippen molar-refractivity contribution in [2.45, 2.75) is 25.4 Å². The van der Waals surface area contributed by atoms with Crippen molar-refractivity contribution in [2.75, 3.05) is 13.2 Å².